The molecular formula is C11H12N4O2. The van der Waals surface area contributed by atoms with Gasteiger partial charge in [-0.25, -0.2) is 0 Å². The summed E-state index contributed by atoms with van der Waals surface area (Å²) >= 11 is 0. The number of nitrogens with zero attached hydrogens (tertiary/aromatic N) is 2. The van der Waals surface area contributed by atoms with Gasteiger partial charge in [-0.15, -0.1) is 5.10 Å². The van der Waals surface area contributed by atoms with Crippen molar-refractivity contribution in [1.29, 1.82) is 0 Å². The Labute approximate surface area is 98.0 Å². The average molecular weight is 232 g/mol. The molecule has 1 aromatic heterocycles. The molecule has 1 amide bonds. The van der Waals surface area contributed by atoms with Crippen molar-refractivity contribution in [3.63, 3.8) is 0 Å². The molecule has 0 spiro atoms. The number of rotatable bonds is 4. The molecule has 0 aliphatic rings. The molecule has 6 heteroatoms. The maximum absolute atomic E-state index is 11.4. The van der Waals surface area contributed by atoms with Gasteiger partial charge in [0.15, 0.2) is 12.4 Å². The van der Waals surface area contributed by atoms with Crippen LogP contribution in [0.3, 0.4) is 0 Å². The molecule has 6 nitrogen and oxygen atoms in total. The number of aryl methyl sites for hydroxylation is 1. The topological polar surface area (TPSA) is 79.9 Å². The quantitative estimate of drug-likeness (QED) is 0.828. The van der Waals surface area contributed by atoms with E-state index in [9.17, 15) is 4.79 Å². The van der Waals surface area contributed by atoms with Crippen molar-refractivity contribution < 1.29 is 9.53 Å². The van der Waals surface area contributed by atoms with E-state index >= 15 is 0 Å². The van der Waals surface area contributed by atoms with Crippen molar-refractivity contribution in [3.8, 4) is 5.75 Å². The second kappa shape index (κ2) is 5.11. The van der Waals surface area contributed by atoms with Crippen LogP contribution < -0.4 is 10.1 Å². The number of aromatic amines is 1. The first-order valence-electron chi connectivity index (χ1n) is 5.09. The predicted octanol–water partition coefficient (Wildman–Crippen LogP) is 1.13. The molecule has 0 fully saturated rings. The van der Waals surface area contributed by atoms with E-state index in [2.05, 4.69) is 20.7 Å². The molecule has 0 aliphatic heterocycles. The van der Waals surface area contributed by atoms with Crippen molar-refractivity contribution in [1.82, 2.24) is 15.4 Å². The van der Waals surface area contributed by atoms with Crippen LogP contribution in [0.15, 0.2) is 30.5 Å². The summed E-state index contributed by atoms with van der Waals surface area (Å²) in [5, 5.41) is 12.2. The summed E-state index contributed by atoms with van der Waals surface area (Å²) in [7, 11) is 0. The van der Waals surface area contributed by atoms with E-state index in [0.717, 1.165) is 5.56 Å². The summed E-state index contributed by atoms with van der Waals surface area (Å²) < 4.78 is 5.30. The molecule has 2 rings (SSSR count). The lowest BCUT2D eigenvalue weighted by Crippen LogP contribution is -2.20. The highest BCUT2D eigenvalue weighted by Crippen LogP contribution is 2.11. The van der Waals surface area contributed by atoms with Crippen LogP contribution in [0, 0.1) is 6.92 Å². The summed E-state index contributed by atoms with van der Waals surface area (Å²) in [6, 6.07) is 7.48. The van der Waals surface area contributed by atoms with Gasteiger partial charge >= 0.3 is 0 Å². The Bertz CT molecular complexity index is 479. The van der Waals surface area contributed by atoms with E-state index in [-0.39, 0.29) is 12.5 Å². The fraction of sp³-hybridized carbons (Fsp3) is 0.182. The van der Waals surface area contributed by atoms with Crippen LogP contribution in [0.5, 0.6) is 5.75 Å². The Hall–Kier alpha value is -2.37. The van der Waals surface area contributed by atoms with Gasteiger partial charge in [0.25, 0.3) is 5.91 Å². The summed E-state index contributed by atoms with van der Waals surface area (Å²) in [6.07, 6.45) is 1.42. The van der Waals surface area contributed by atoms with Gasteiger partial charge in [-0.2, -0.15) is 10.3 Å². The third-order valence-electron chi connectivity index (χ3n) is 2.07. The first-order valence-corrected chi connectivity index (χ1v) is 5.09. The number of benzene rings is 1. The van der Waals surface area contributed by atoms with E-state index in [4.69, 9.17) is 4.74 Å². The van der Waals surface area contributed by atoms with E-state index in [1.807, 2.05) is 31.2 Å². The summed E-state index contributed by atoms with van der Waals surface area (Å²) in [5.41, 5.74) is 1.14. The summed E-state index contributed by atoms with van der Waals surface area (Å²) in [5.74, 6) is 0.757. The van der Waals surface area contributed by atoms with Gasteiger partial charge in [0.05, 0.1) is 6.20 Å². The van der Waals surface area contributed by atoms with Crippen LogP contribution in [0.4, 0.5) is 5.82 Å². The van der Waals surface area contributed by atoms with Crippen LogP contribution in [-0.4, -0.2) is 27.9 Å². The van der Waals surface area contributed by atoms with E-state index in [0.29, 0.717) is 11.6 Å². The third kappa shape index (κ3) is 3.30. The van der Waals surface area contributed by atoms with Crippen LogP contribution >= 0.6 is 0 Å². The molecule has 0 saturated heterocycles. The minimum Gasteiger partial charge on any atom is -0.484 e. The first kappa shape index (κ1) is 11.1. The Balaban J connectivity index is 1.82. The fourth-order valence-electron chi connectivity index (χ4n) is 1.22. The number of hydrogen-bond acceptors (Lipinski definition) is 4. The molecule has 0 saturated carbocycles. The number of carbonyl (C=O) groups is 1. The van der Waals surface area contributed by atoms with Gasteiger partial charge in [-0.05, 0) is 19.1 Å². The highest BCUT2D eigenvalue weighted by atomic mass is 16.5. The Kier molecular flexibility index (Phi) is 3.34. The lowest BCUT2D eigenvalue weighted by atomic mass is 10.2. The Morgan fingerprint density at radius 1 is 1.41 bits per heavy atom. The number of anilines is 1. The zero-order valence-corrected chi connectivity index (χ0v) is 9.30. The second-order valence-electron chi connectivity index (χ2n) is 3.51. The standard InChI is InChI=1S/C11H12N4O2/c1-8-2-4-9(5-3-8)17-7-11(16)13-10-6-12-15-14-10/h2-6H,7H2,1H3,(H2,12,13,14,15,16). The fourth-order valence-corrected chi connectivity index (χ4v) is 1.22. The second-order valence-corrected chi connectivity index (χ2v) is 3.51. The van der Waals surface area contributed by atoms with Crippen molar-refractivity contribution in [2.45, 2.75) is 6.92 Å². The van der Waals surface area contributed by atoms with E-state index < -0.39 is 0 Å². The molecule has 2 N–H and O–H groups in total. The molecule has 0 bridgehead atoms. The van der Waals surface area contributed by atoms with Crippen LogP contribution in [0.25, 0.3) is 0 Å². The van der Waals surface area contributed by atoms with Crippen molar-refractivity contribution >= 4 is 11.7 Å². The normalized spacial score (nSPS) is 9.94. The zero-order chi connectivity index (χ0) is 12.1. The molecule has 0 radical (unpaired) electrons. The maximum atomic E-state index is 11.4. The zero-order valence-electron chi connectivity index (χ0n) is 9.30. The maximum Gasteiger partial charge on any atom is 0.263 e. The number of nitrogens with one attached hydrogen (secondary N) is 2. The molecule has 2 aromatic rings. The van der Waals surface area contributed by atoms with Crippen molar-refractivity contribution in [3.05, 3.63) is 36.0 Å². The van der Waals surface area contributed by atoms with E-state index in [1.54, 1.807) is 0 Å². The number of H-pyrrole nitrogens is 1. The van der Waals surface area contributed by atoms with Gasteiger partial charge in [-0.3, -0.25) is 4.79 Å². The number of aromatic nitrogens is 3. The predicted molar refractivity (Wildman–Crippen MR) is 61.7 cm³/mol. The molecule has 0 unspecified atom stereocenters. The average Bonchev–Trinajstić information content (AvgIpc) is 2.81. The summed E-state index contributed by atoms with van der Waals surface area (Å²) in [6.45, 7) is 1.93. The van der Waals surface area contributed by atoms with Gasteiger partial charge in [0.2, 0.25) is 0 Å². The van der Waals surface area contributed by atoms with Crippen LogP contribution in [0.2, 0.25) is 0 Å². The molecule has 88 valence electrons. The van der Waals surface area contributed by atoms with Crippen LogP contribution in [0.1, 0.15) is 5.56 Å². The number of amides is 1. The highest BCUT2D eigenvalue weighted by Gasteiger charge is 2.04. The number of carbonyl (C=O) groups excluding carboxylic acids is 1. The highest BCUT2D eigenvalue weighted by molar-refractivity contribution is 5.90. The largest absolute Gasteiger partial charge is 0.484 e. The minimum atomic E-state index is -0.278. The van der Waals surface area contributed by atoms with Gasteiger partial charge in [-0.1, -0.05) is 17.7 Å². The minimum absolute atomic E-state index is 0.0596. The molecule has 0 aliphatic carbocycles. The molecule has 1 aromatic carbocycles. The van der Waals surface area contributed by atoms with Gasteiger partial charge in [0, 0.05) is 0 Å². The SMILES string of the molecule is Cc1ccc(OCC(=O)Nc2cn[nH]n2)cc1. The van der Waals surface area contributed by atoms with Crippen LogP contribution in [-0.2, 0) is 4.79 Å². The molecule has 0 atom stereocenters. The van der Waals surface area contributed by atoms with Gasteiger partial charge in [0.1, 0.15) is 5.75 Å². The number of ether oxygens (including phenoxy) is 1. The first-order chi connectivity index (χ1) is 8.24. The molecule has 17 heavy (non-hydrogen) atoms. The molecular weight excluding hydrogens is 220 g/mol. The van der Waals surface area contributed by atoms with Crippen molar-refractivity contribution in [2.24, 2.45) is 0 Å². The molecule has 1 heterocycles. The lowest BCUT2D eigenvalue weighted by Gasteiger charge is -2.05. The Morgan fingerprint density at radius 3 is 2.82 bits per heavy atom. The monoisotopic (exact) mass is 232 g/mol. The Morgan fingerprint density at radius 2 is 2.18 bits per heavy atom. The van der Waals surface area contributed by atoms with Crippen molar-refractivity contribution in [2.75, 3.05) is 11.9 Å². The lowest BCUT2D eigenvalue weighted by molar-refractivity contribution is -0.118. The summed E-state index contributed by atoms with van der Waals surface area (Å²) in [4.78, 5) is 11.4. The smallest absolute Gasteiger partial charge is 0.263 e. The van der Waals surface area contributed by atoms with E-state index in [1.165, 1.54) is 6.20 Å². The van der Waals surface area contributed by atoms with Gasteiger partial charge < -0.3 is 10.1 Å². The number of hydrogen-bond donors (Lipinski definition) is 2. The third-order valence-corrected chi connectivity index (χ3v) is 2.07.